The van der Waals surface area contributed by atoms with Gasteiger partial charge >= 0.3 is 0 Å². The molecule has 0 saturated carbocycles. The van der Waals surface area contributed by atoms with Crippen molar-refractivity contribution in [1.82, 2.24) is 4.90 Å². The van der Waals surface area contributed by atoms with E-state index in [9.17, 15) is 9.59 Å². The molecule has 1 atom stereocenters. The topological polar surface area (TPSA) is 49.4 Å². The molecule has 0 spiro atoms. The number of rotatable bonds is 2. The van der Waals surface area contributed by atoms with Crippen molar-refractivity contribution in [2.45, 2.75) is 19.9 Å². The molecular formula is C24H21ClN2O2. The maximum Gasteiger partial charge on any atom is 0.255 e. The Labute approximate surface area is 175 Å². The number of amides is 2. The molecule has 1 aliphatic rings. The summed E-state index contributed by atoms with van der Waals surface area (Å²) in [5.74, 6) is -0.422. The van der Waals surface area contributed by atoms with Crippen LogP contribution in [0.1, 0.15) is 38.7 Å². The zero-order valence-electron chi connectivity index (χ0n) is 16.3. The third-order valence-electron chi connectivity index (χ3n) is 5.34. The molecule has 4 nitrogen and oxygen atoms in total. The number of carbonyl (C=O) groups is 2. The van der Waals surface area contributed by atoms with E-state index in [0.717, 1.165) is 22.3 Å². The fraction of sp³-hybridized carbons (Fsp3) is 0.167. The van der Waals surface area contributed by atoms with Crippen molar-refractivity contribution in [3.8, 4) is 0 Å². The number of hydrogen-bond acceptors (Lipinski definition) is 2. The van der Waals surface area contributed by atoms with Gasteiger partial charge in [-0.05, 0) is 60.9 Å². The molecule has 29 heavy (non-hydrogen) atoms. The molecular weight excluding hydrogens is 384 g/mol. The van der Waals surface area contributed by atoms with Crippen LogP contribution in [-0.2, 0) is 4.79 Å². The minimum atomic E-state index is -0.432. The van der Waals surface area contributed by atoms with Crippen molar-refractivity contribution in [2.24, 2.45) is 0 Å². The summed E-state index contributed by atoms with van der Waals surface area (Å²) in [4.78, 5) is 27.8. The van der Waals surface area contributed by atoms with Crippen molar-refractivity contribution >= 4 is 29.1 Å². The molecule has 146 valence electrons. The van der Waals surface area contributed by atoms with Gasteiger partial charge in [-0.3, -0.25) is 9.59 Å². The van der Waals surface area contributed by atoms with Crippen molar-refractivity contribution < 1.29 is 9.59 Å². The third-order valence-corrected chi connectivity index (χ3v) is 5.57. The quantitative estimate of drug-likeness (QED) is 0.642. The van der Waals surface area contributed by atoms with E-state index in [0.29, 0.717) is 16.3 Å². The summed E-state index contributed by atoms with van der Waals surface area (Å²) in [6, 6.07) is 20.3. The van der Waals surface area contributed by atoms with Crippen LogP contribution in [0, 0.1) is 13.8 Å². The van der Waals surface area contributed by atoms with Crippen molar-refractivity contribution in [3.63, 3.8) is 0 Å². The lowest BCUT2D eigenvalue weighted by molar-refractivity contribution is -0.117. The molecule has 1 heterocycles. The number of nitrogens with one attached hydrogen (secondary N) is 1. The summed E-state index contributed by atoms with van der Waals surface area (Å²) in [6.45, 7) is 3.94. The van der Waals surface area contributed by atoms with Gasteiger partial charge in [0.25, 0.3) is 5.91 Å². The second-order valence-corrected chi connectivity index (χ2v) is 7.76. The normalized spacial score (nSPS) is 16.0. The van der Waals surface area contributed by atoms with Gasteiger partial charge in [-0.2, -0.15) is 0 Å². The molecule has 0 radical (unpaired) electrons. The third kappa shape index (κ3) is 3.76. The minimum Gasteiger partial charge on any atom is -0.324 e. The molecule has 5 heteroatoms. The standard InChI is InChI=1S/C24H21ClN2O2/c1-15-8-9-18(12-16(15)2)24(29)27-14-22(28)26-21-11-10-19(25)13-20(21)23(27)17-6-4-3-5-7-17/h3-13,23H,14H2,1-2H3,(H,26,28)/t23-/m1/s1. The first-order valence-corrected chi connectivity index (χ1v) is 9.84. The summed E-state index contributed by atoms with van der Waals surface area (Å²) < 4.78 is 0. The van der Waals surface area contributed by atoms with Crippen LogP contribution in [0.3, 0.4) is 0 Å². The van der Waals surface area contributed by atoms with Crippen molar-refractivity contribution in [1.29, 1.82) is 0 Å². The van der Waals surface area contributed by atoms with Crippen LogP contribution in [-0.4, -0.2) is 23.3 Å². The van der Waals surface area contributed by atoms with E-state index in [1.165, 1.54) is 0 Å². The molecule has 1 N–H and O–H groups in total. The first-order valence-electron chi connectivity index (χ1n) is 9.46. The Balaban J connectivity index is 1.88. The second kappa shape index (κ2) is 7.72. The number of carbonyl (C=O) groups excluding carboxylic acids is 2. The van der Waals surface area contributed by atoms with E-state index in [1.807, 2.05) is 68.4 Å². The number of nitrogens with zero attached hydrogens (tertiary/aromatic N) is 1. The van der Waals surface area contributed by atoms with E-state index >= 15 is 0 Å². The second-order valence-electron chi connectivity index (χ2n) is 7.33. The Morgan fingerprint density at radius 1 is 1.00 bits per heavy atom. The number of anilines is 1. The van der Waals surface area contributed by atoms with E-state index < -0.39 is 6.04 Å². The monoisotopic (exact) mass is 404 g/mol. The Bertz CT molecular complexity index is 1100. The highest BCUT2D eigenvalue weighted by Gasteiger charge is 2.34. The highest BCUT2D eigenvalue weighted by Crippen LogP contribution is 2.38. The smallest absolute Gasteiger partial charge is 0.255 e. The van der Waals surface area contributed by atoms with E-state index in [2.05, 4.69) is 5.32 Å². The van der Waals surface area contributed by atoms with E-state index in [1.54, 1.807) is 17.0 Å². The summed E-state index contributed by atoms with van der Waals surface area (Å²) in [5, 5.41) is 3.47. The van der Waals surface area contributed by atoms with Gasteiger partial charge in [0.05, 0.1) is 6.04 Å². The van der Waals surface area contributed by atoms with Gasteiger partial charge in [0.1, 0.15) is 6.54 Å². The van der Waals surface area contributed by atoms with Gasteiger partial charge < -0.3 is 10.2 Å². The average molecular weight is 405 g/mol. The molecule has 4 rings (SSSR count). The molecule has 0 fully saturated rings. The van der Waals surface area contributed by atoms with Crippen LogP contribution < -0.4 is 5.32 Å². The van der Waals surface area contributed by atoms with Gasteiger partial charge in [-0.15, -0.1) is 0 Å². The fourth-order valence-electron chi connectivity index (χ4n) is 3.70. The summed E-state index contributed by atoms with van der Waals surface area (Å²) >= 11 is 6.29. The average Bonchev–Trinajstić information content (AvgIpc) is 2.85. The van der Waals surface area contributed by atoms with Crippen LogP contribution >= 0.6 is 11.6 Å². The maximum absolute atomic E-state index is 13.6. The molecule has 0 bridgehead atoms. The lowest BCUT2D eigenvalue weighted by Gasteiger charge is -2.31. The SMILES string of the molecule is Cc1ccc(C(=O)N2CC(=O)Nc3ccc(Cl)cc3[C@H]2c2ccccc2)cc1C. The molecule has 3 aromatic rings. The largest absolute Gasteiger partial charge is 0.324 e. The number of fused-ring (bicyclic) bond motifs is 1. The molecule has 1 aliphatic heterocycles. The Morgan fingerprint density at radius 2 is 1.76 bits per heavy atom. The summed E-state index contributed by atoms with van der Waals surface area (Å²) in [6.07, 6.45) is 0. The molecule has 2 amide bonds. The van der Waals surface area contributed by atoms with E-state index in [4.69, 9.17) is 11.6 Å². The van der Waals surface area contributed by atoms with Crippen LogP contribution in [0.15, 0.2) is 66.7 Å². The van der Waals surface area contributed by atoms with Gasteiger partial charge in [-0.25, -0.2) is 0 Å². The molecule has 0 saturated heterocycles. The minimum absolute atomic E-state index is 0.0440. The Hall–Kier alpha value is -3.11. The van der Waals surface area contributed by atoms with Gasteiger partial charge in [0.2, 0.25) is 5.91 Å². The van der Waals surface area contributed by atoms with E-state index in [-0.39, 0.29) is 18.4 Å². The zero-order valence-corrected chi connectivity index (χ0v) is 17.0. The van der Waals surface area contributed by atoms with Crippen LogP contribution in [0.25, 0.3) is 0 Å². The molecule has 3 aromatic carbocycles. The van der Waals surface area contributed by atoms with Crippen LogP contribution in [0.2, 0.25) is 5.02 Å². The number of hydrogen-bond donors (Lipinski definition) is 1. The van der Waals surface area contributed by atoms with Gasteiger partial charge in [-0.1, -0.05) is 48.0 Å². The number of halogens is 1. The highest BCUT2D eigenvalue weighted by atomic mass is 35.5. The first-order chi connectivity index (χ1) is 13.9. The molecule has 0 aliphatic carbocycles. The first kappa shape index (κ1) is 19.2. The molecule has 0 unspecified atom stereocenters. The fourth-order valence-corrected chi connectivity index (χ4v) is 3.88. The Kier molecular flexibility index (Phi) is 5.12. The van der Waals surface area contributed by atoms with Crippen molar-refractivity contribution in [3.05, 3.63) is 99.6 Å². The predicted octanol–water partition coefficient (Wildman–Crippen LogP) is 5.14. The lowest BCUT2D eigenvalue weighted by atomic mass is 9.95. The Morgan fingerprint density at radius 3 is 2.48 bits per heavy atom. The number of aryl methyl sites for hydroxylation is 2. The summed E-state index contributed by atoms with van der Waals surface area (Å²) in [7, 11) is 0. The van der Waals surface area contributed by atoms with Gasteiger partial charge in [0.15, 0.2) is 0 Å². The van der Waals surface area contributed by atoms with Crippen LogP contribution in [0.4, 0.5) is 5.69 Å². The molecule has 0 aromatic heterocycles. The van der Waals surface area contributed by atoms with Gasteiger partial charge in [0, 0.05) is 21.8 Å². The predicted molar refractivity (Wildman–Crippen MR) is 115 cm³/mol. The zero-order chi connectivity index (χ0) is 20.5. The number of benzene rings is 3. The maximum atomic E-state index is 13.6. The highest BCUT2D eigenvalue weighted by molar-refractivity contribution is 6.30. The lowest BCUT2D eigenvalue weighted by Crippen LogP contribution is -2.39. The summed E-state index contributed by atoms with van der Waals surface area (Å²) in [5.41, 5.74) is 5.11. The van der Waals surface area contributed by atoms with Crippen molar-refractivity contribution in [2.75, 3.05) is 11.9 Å². The van der Waals surface area contributed by atoms with Crippen LogP contribution in [0.5, 0.6) is 0 Å².